The molecule has 0 spiro atoms. The highest BCUT2D eigenvalue weighted by Gasteiger charge is 2.41. The zero-order chi connectivity index (χ0) is 22.9. The van der Waals surface area contributed by atoms with E-state index in [2.05, 4.69) is 4.98 Å². The molecule has 0 bridgehead atoms. The zero-order valence-electron chi connectivity index (χ0n) is 19.0. The predicted octanol–water partition coefficient (Wildman–Crippen LogP) is 4.99. The number of likely N-dealkylation sites (tertiary alicyclic amines) is 1. The lowest BCUT2D eigenvalue weighted by Gasteiger charge is -2.34. The van der Waals surface area contributed by atoms with Crippen molar-refractivity contribution in [2.24, 2.45) is 0 Å². The zero-order valence-corrected chi connectivity index (χ0v) is 19.0. The molecular formula is C26H29FN4O. The minimum Gasteiger partial charge on any atom is -0.347 e. The molecule has 166 valence electrons. The fourth-order valence-corrected chi connectivity index (χ4v) is 4.35. The number of hydrogen-bond donors (Lipinski definition) is 0. The molecule has 4 rings (SSSR count). The second-order valence-electron chi connectivity index (χ2n) is 9.02. The molecule has 1 aliphatic rings. The van der Waals surface area contributed by atoms with Crippen molar-refractivity contribution in [2.45, 2.75) is 38.1 Å². The van der Waals surface area contributed by atoms with Crippen LogP contribution in [0.25, 0.3) is 11.1 Å². The van der Waals surface area contributed by atoms with E-state index in [1.807, 2.05) is 80.3 Å². The summed E-state index contributed by atoms with van der Waals surface area (Å²) in [5, 5.41) is 0. The number of carbonyl (C=O) groups is 1. The van der Waals surface area contributed by atoms with Crippen molar-refractivity contribution in [2.75, 3.05) is 25.5 Å². The SMILES string of the molecule is CN(C)c1ncc(-c2ccccc2)c([C@H]2CCCN2C(=O)C(C)(C)c2cccc(F)c2)n1. The van der Waals surface area contributed by atoms with Crippen LogP contribution in [0.3, 0.4) is 0 Å². The molecule has 3 aromatic rings. The van der Waals surface area contributed by atoms with Gasteiger partial charge in [0.1, 0.15) is 5.82 Å². The smallest absolute Gasteiger partial charge is 0.233 e. The summed E-state index contributed by atoms with van der Waals surface area (Å²) in [5.74, 6) is 0.261. The molecule has 1 atom stereocenters. The number of carbonyl (C=O) groups excluding carboxylic acids is 1. The first-order valence-electron chi connectivity index (χ1n) is 11.0. The summed E-state index contributed by atoms with van der Waals surface area (Å²) in [6.07, 6.45) is 3.57. The lowest BCUT2D eigenvalue weighted by atomic mass is 9.82. The summed E-state index contributed by atoms with van der Waals surface area (Å²) in [6.45, 7) is 4.38. The molecule has 2 heterocycles. The van der Waals surface area contributed by atoms with Gasteiger partial charge in [-0.15, -0.1) is 0 Å². The second-order valence-corrected chi connectivity index (χ2v) is 9.02. The first-order valence-corrected chi connectivity index (χ1v) is 11.0. The Morgan fingerprint density at radius 1 is 1.12 bits per heavy atom. The Balaban J connectivity index is 1.76. The molecule has 0 N–H and O–H groups in total. The van der Waals surface area contributed by atoms with Crippen LogP contribution in [0.2, 0.25) is 0 Å². The standard InChI is InChI=1S/C26H29FN4O/c1-26(2,19-12-8-13-20(27)16-19)24(32)31-15-9-14-22(31)23-21(18-10-6-5-7-11-18)17-28-25(29-23)30(3)4/h5-8,10-13,16-17,22H,9,14-15H2,1-4H3/t22-/m1/s1. The van der Waals surface area contributed by atoms with Gasteiger partial charge in [0.05, 0.1) is 17.2 Å². The van der Waals surface area contributed by atoms with Crippen LogP contribution < -0.4 is 4.90 Å². The van der Waals surface area contributed by atoms with Crippen molar-refractivity contribution in [3.05, 3.63) is 77.9 Å². The van der Waals surface area contributed by atoms with Gasteiger partial charge in [0, 0.05) is 32.4 Å². The minimum atomic E-state index is -0.852. The number of hydrogen-bond acceptors (Lipinski definition) is 4. The van der Waals surface area contributed by atoms with E-state index in [4.69, 9.17) is 4.98 Å². The third-order valence-electron chi connectivity index (χ3n) is 6.20. The third-order valence-corrected chi connectivity index (χ3v) is 6.20. The summed E-state index contributed by atoms with van der Waals surface area (Å²) >= 11 is 0. The van der Waals surface area contributed by atoms with Gasteiger partial charge in [0.2, 0.25) is 11.9 Å². The van der Waals surface area contributed by atoms with Crippen LogP contribution in [0.15, 0.2) is 60.8 Å². The van der Waals surface area contributed by atoms with Crippen LogP contribution in [0.1, 0.15) is 44.0 Å². The Bertz CT molecular complexity index is 1110. The average Bonchev–Trinajstić information content (AvgIpc) is 3.28. The lowest BCUT2D eigenvalue weighted by Crippen LogP contribution is -2.43. The van der Waals surface area contributed by atoms with E-state index >= 15 is 0 Å². The van der Waals surface area contributed by atoms with Gasteiger partial charge < -0.3 is 9.80 Å². The van der Waals surface area contributed by atoms with E-state index in [9.17, 15) is 9.18 Å². The van der Waals surface area contributed by atoms with Gasteiger partial charge in [-0.2, -0.15) is 0 Å². The Morgan fingerprint density at radius 2 is 1.88 bits per heavy atom. The van der Waals surface area contributed by atoms with Crippen molar-refractivity contribution < 1.29 is 9.18 Å². The molecular weight excluding hydrogens is 403 g/mol. The summed E-state index contributed by atoms with van der Waals surface area (Å²) in [5.41, 5.74) is 2.64. The number of halogens is 1. The summed E-state index contributed by atoms with van der Waals surface area (Å²) < 4.78 is 13.9. The van der Waals surface area contributed by atoms with E-state index in [1.54, 1.807) is 6.07 Å². The molecule has 0 aliphatic carbocycles. The molecule has 1 amide bonds. The second kappa shape index (κ2) is 8.69. The Kier molecular flexibility index (Phi) is 5.96. The quantitative estimate of drug-likeness (QED) is 0.570. The summed E-state index contributed by atoms with van der Waals surface area (Å²) in [6, 6.07) is 16.2. The Labute approximate surface area is 188 Å². The van der Waals surface area contributed by atoms with Gasteiger partial charge in [-0.05, 0) is 49.9 Å². The van der Waals surface area contributed by atoms with Crippen molar-refractivity contribution >= 4 is 11.9 Å². The summed E-state index contributed by atoms with van der Waals surface area (Å²) in [7, 11) is 3.82. The van der Waals surface area contributed by atoms with Crippen LogP contribution in [0.4, 0.5) is 10.3 Å². The van der Waals surface area contributed by atoms with Crippen LogP contribution in [0.5, 0.6) is 0 Å². The molecule has 1 aliphatic heterocycles. The maximum absolute atomic E-state index is 13.9. The van der Waals surface area contributed by atoms with Crippen molar-refractivity contribution in [1.82, 2.24) is 14.9 Å². The highest BCUT2D eigenvalue weighted by Crippen LogP contribution is 2.40. The molecule has 2 aromatic carbocycles. The maximum atomic E-state index is 13.9. The molecule has 5 nitrogen and oxygen atoms in total. The number of nitrogens with zero attached hydrogens (tertiary/aromatic N) is 4. The molecule has 1 fully saturated rings. The Hall–Kier alpha value is -3.28. The normalized spacial score (nSPS) is 16.3. The number of anilines is 1. The fourth-order valence-electron chi connectivity index (χ4n) is 4.35. The van der Waals surface area contributed by atoms with Crippen molar-refractivity contribution in [1.29, 1.82) is 0 Å². The van der Waals surface area contributed by atoms with Crippen molar-refractivity contribution in [3.63, 3.8) is 0 Å². The third kappa shape index (κ3) is 4.09. The molecule has 1 aromatic heterocycles. The lowest BCUT2D eigenvalue weighted by molar-refractivity contribution is -0.137. The minimum absolute atomic E-state index is 0.0189. The highest BCUT2D eigenvalue weighted by atomic mass is 19.1. The summed E-state index contributed by atoms with van der Waals surface area (Å²) in [4.78, 5) is 27.0. The van der Waals surface area contributed by atoms with E-state index in [1.165, 1.54) is 12.1 Å². The van der Waals surface area contributed by atoms with Crippen LogP contribution in [-0.4, -0.2) is 41.4 Å². The predicted molar refractivity (Wildman–Crippen MR) is 125 cm³/mol. The maximum Gasteiger partial charge on any atom is 0.233 e. The molecule has 0 unspecified atom stereocenters. The topological polar surface area (TPSA) is 49.3 Å². The van der Waals surface area contributed by atoms with E-state index in [-0.39, 0.29) is 17.8 Å². The van der Waals surface area contributed by atoms with Crippen molar-refractivity contribution in [3.8, 4) is 11.1 Å². The van der Waals surface area contributed by atoms with Gasteiger partial charge in [0.25, 0.3) is 0 Å². The van der Waals surface area contributed by atoms with E-state index in [0.717, 1.165) is 29.7 Å². The molecule has 0 radical (unpaired) electrons. The van der Waals surface area contributed by atoms with E-state index < -0.39 is 5.41 Å². The van der Waals surface area contributed by atoms with Crippen LogP contribution >= 0.6 is 0 Å². The van der Waals surface area contributed by atoms with Crippen LogP contribution in [0, 0.1) is 5.82 Å². The van der Waals surface area contributed by atoms with Gasteiger partial charge in [-0.3, -0.25) is 4.79 Å². The fraction of sp³-hybridized carbons (Fsp3) is 0.346. The van der Waals surface area contributed by atoms with Gasteiger partial charge in [0.15, 0.2) is 0 Å². The number of benzene rings is 2. The number of amides is 1. The number of rotatable bonds is 5. The van der Waals surface area contributed by atoms with Gasteiger partial charge in [-0.25, -0.2) is 14.4 Å². The van der Waals surface area contributed by atoms with Gasteiger partial charge >= 0.3 is 0 Å². The molecule has 0 saturated carbocycles. The molecule has 32 heavy (non-hydrogen) atoms. The first kappa shape index (κ1) is 21.9. The first-order chi connectivity index (χ1) is 15.3. The molecule has 1 saturated heterocycles. The van der Waals surface area contributed by atoms with Crippen LogP contribution in [-0.2, 0) is 10.2 Å². The average molecular weight is 433 g/mol. The monoisotopic (exact) mass is 432 g/mol. The highest BCUT2D eigenvalue weighted by molar-refractivity contribution is 5.88. The Morgan fingerprint density at radius 3 is 2.56 bits per heavy atom. The van der Waals surface area contributed by atoms with E-state index in [0.29, 0.717) is 18.1 Å². The number of aromatic nitrogens is 2. The molecule has 6 heteroatoms. The largest absolute Gasteiger partial charge is 0.347 e. The van der Waals surface area contributed by atoms with Gasteiger partial charge in [-0.1, -0.05) is 42.5 Å².